The first-order valence-corrected chi connectivity index (χ1v) is 34.0. The second-order valence-electron chi connectivity index (χ2n) is 25.9. The summed E-state index contributed by atoms with van der Waals surface area (Å²) < 4.78 is 31.1. The number of carboxylic acid groups (broad SMARTS) is 1. The number of hydrogen-bond donors (Lipinski definition) is 3. The Morgan fingerprint density at radius 1 is 0.505 bits per heavy atom. The van der Waals surface area contributed by atoms with E-state index in [1.165, 1.54) is 19.1 Å². The monoisotopic (exact) mass is 1340 g/mol. The number of rotatable bonds is 16. The van der Waals surface area contributed by atoms with Crippen molar-refractivity contribution >= 4 is 53.4 Å². The molecule has 12 rings (SSSR count). The van der Waals surface area contributed by atoms with E-state index in [4.69, 9.17) is 39.0 Å². The third-order valence-electron chi connectivity index (χ3n) is 19.5. The Kier molecular flexibility index (Phi) is 24.1. The number of piperazine rings is 2. The van der Waals surface area contributed by atoms with Crippen molar-refractivity contribution in [3.8, 4) is 0 Å². The lowest BCUT2D eigenvalue weighted by atomic mass is 9.75. The molecular formula is C71H91N11O15. The van der Waals surface area contributed by atoms with Crippen LogP contribution in [0.2, 0.25) is 0 Å². The molecule has 0 atom stereocenters. The van der Waals surface area contributed by atoms with Gasteiger partial charge in [0.25, 0.3) is 29.5 Å². The molecule has 7 aliphatic rings. The maximum Gasteiger partial charge on any atom is 0.338 e. The van der Waals surface area contributed by atoms with Crippen LogP contribution in [0.5, 0.6) is 0 Å². The number of carbonyl (C=O) groups is 9. The Morgan fingerprint density at radius 2 is 0.866 bits per heavy atom. The average Bonchev–Trinajstić information content (AvgIpc) is 1.64. The van der Waals surface area contributed by atoms with Crippen LogP contribution in [-0.2, 0) is 67.3 Å². The van der Waals surface area contributed by atoms with E-state index in [1.54, 1.807) is 84.7 Å². The van der Waals surface area contributed by atoms with Crippen molar-refractivity contribution < 1.29 is 71.9 Å². The van der Waals surface area contributed by atoms with Crippen LogP contribution >= 0.6 is 0 Å². The van der Waals surface area contributed by atoms with Crippen LogP contribution in [0.4, 0.5) is 0 Å². The molecule has 0 bridgehead atoms. The number of carboxylic acids is 1. The third kappa shape index (κ3) is 17.7. The first-order chi connectivity index (χ1) is 46.9. The lowest BCUT2D eigenvalue weighted by molar-refractivity contribution is -0.130. The molecule has 26 nitrogen and oxygen atoms in total. The van der Waals surface area contributed by atoms with Gasteiger partial charge in [0.15, 0.2) is 0 Å². The molecule has 0 aliphatic carbocycles. The predicted octanol–water partition coefficient (Wildman–Crippen LogP) is 5.10. The zero-order valence-corrected chi connectivity index (χ0v) is 56.2. The lowest BCUT2D eigenvalue weighted by Gasteiger charge is -2.36. The summed E-state index contributed by atoms with van der Waals surface area (Å²) in [6, 6.07) is 19.4. The highest BCUT2D eigenvalue weighted by atomic mass is 16.5. The molecule has 3 N–H and O–H groups in total. The van der Waals surface area contributed by atoms with Gasteiger partial charge in [-0.3, -0.25) is 38.1 Å². The van der Waals surface area contributed by atoms with Gasteiger partial charge in [-0.15, -0.1) is 0 Å². The minimum absolute atomic E-state index is 0.00433. The van der Waals surface area contributed by atoms with Gasteiger partial charge in [-0.1, -0.05) is 18.2 Å². The molecule has 2 spiro atoms. The van der Waals surface area contributed by atoms with Crippen LogP contribution in [0.1, 0.15) is 165 Å². The third-order valence-corrected chi connectivity index (χ3v) is 19.5. The number of likely N-dealkylation sites (N-methyl/N-ethyl adjacent to an activating group) is 1. The number of esters is 2. The van der Waals surface area contributed by atoms with Gasteiger partial charge in [0.1, 0.15) is 11.4 Å². The highest BCUT2D eigenvalue weighted by molar-refractivity contribution is 6.00. The van der Waals surface area contributed by atoms with Crippen LogP contribution in [0.15, 0.2) is 72.8 Å². The summed E-state index contributed by atoms with van der Waals surface area (Å²) in [7, 11) is 2.05. The van der Waals surface area contributed by atoms with Crippen LogP contribution in [0.3, 0.4) is 0 Å². The van der Waals surface area contributed by atoms with Gasteiger partial charge in [-0.25, -0.2) is 14.4 Å². The quantitative estimate of drug-likeness (QED) is 0.0855. The number of benzene rings is 3. The van der Waals surface area contributed by atoms with Crippen molar-refractivity contribution in [2.75, 3.05) is 138 Å². The molecule has 0 unspecified atom stereocenters. The summed E-state index contributed by atoms with van der Waals surface area (Å²) in [5.41, 5.74) is 7.26. The van der Waals surface area contributed by atoms with E-state index in [0.717, 1.165) is 74.1 Å². The minimum Gasteiger partial charge on any atom is -0.478 e. The standard InChI is InChI=1S/C30H39N5O6.C29H39N5O5.C12H13NO4/c1-3-35-26-24(19-30(20-31-27(26)37)9-16-40-17-10-30)25(32-35)8-5-15-41-29(39)23-7-4-6-22(18-23)28(38)34-13-11-33(12-14-34)21(2)36;1-3-34-25-23(19-29(20-30-26(25)35)9-16-38-17-10-29)24(31-34)8-5-15-39-28(37)22-7-4-6-21(18-22)27(36)33-13-11-32(2)12-14-33;14-11(13-4-6-17-7-5-13)9-2-1-3-10(8-9)12(15)16/h4,6-7,18H,3,5,8-17,19-20H2,1-2H3,(H,31,37);4,6-7,18H,3,5,8-17,19-20H2,1-2H3,(H,30,35);1-3,8H,4-7H2,(H,15,16). The topological polar surface area (TPSA) is 296 Å². The smallest absolute Gasteiger partial charge is 0.338 e. The molecule has 26 heteroatoms. The van der Waals surface area contributed by atoms with Gasteiger partial charge in [0.05, 0.1) is 54.5 Å². The molecule has 2 aromatic heterocycles. The fourth-order valence-corrected chi connectivity index (χ4v) is 13.6. The van der Waals surface area contributed by atoms with Gasteiger partial charge in [-0.05, 0) is 151 Å². The normalized spacial score (nSPS) is 18.3. The molecule has 5 fully saturated rings. The summed E-state index contributed by atoms with van der Waals surface area (Å²) in [6.45, 7) is 18.4. The molecule has 9 heterocycles. The van der Waals surface area contributed by atoms with Gasteiger partial charge in [0, 0.05) is 153 Å². The number of aryl methyl sites for hydroxylation is 4. The van der Waals surface area contributed by atoms with Crippen molar-refractivity contribution in [3.63, 3.8) is 0 Å². The number of nitrogens with zero attached hydrogens (tertiary/aromatic N) is 9. The number of ether oxygens (including phenoxy) is 5. The van der Waals surface area contributed by atoms with Crippen LogP contribution in [0, 0.1) is 10.8 Å². The summed E-state index contributed by atoms with van der Waals surface area (Å²) in [6.07, 6.45) is 7.57. The number of morpholine rings is 1. The van der Waals surface area contributed by atoms with Crippen molar-refractivity contribution in [2.24, 2.45) is 10.8 Å². The number of fused-ring (bicyclic) bond motifs is 2. The Hall–Kier alpha value is -8.85. The average molecular weight is 1340 g/mol. The molecule has 5 saturated heterocycles. The Morgan fingerprint density at radius 3 is 1.27 bits per heavy atom. The van der Waals surface area contributed by atoms with E-state index in [-0.39, 0.29) is 65.1 Å². The summed E-state index contributed by atoms with van der Waals surface area (Å²) in [5.74, 6) is -2.46. The molecule has 0 saturated carbocycles. The number of carbonyl (C=O) groups excluding carboxylic acids is 8. The van der Waals surface area contributed by atoms with E-state index >= 15 is 0 Å². The number of aromatic nitrogens is 4. The highest BCUT2D eigenvalue weighted by Gasteiger charge is 2.42. The van der Waals surface area contributed by atoms with Gasteiger partial charge >= 0.3 is 17.9 Å². The second-order valence-corrected chi connectivity index (χ2v) is 25.9. The van der Waals surface area contributed by atoms with Crippen molar-refractivity contribution in [3.05, 3.63) is 140 Å². The van der Waals surface area contributed by atoms with E-state index in [9.17, 15) is 43.2 Å². The zero-order chi connectivity index (χ0) is 68.6. The van der Waals surface area contributed by atoms with E-state index in [2.05, 4.69) is 15.5 Å². The molecule has 97 heavy (non-hydrogen) atoms. The maximum absolute atomic E-state index is 13.0. The van der Waals surface area contributed by atoms with Crippen molar-refractivity contribution in [1.82, 2.24) is 54.7 Å². The number of nitrogens with one attached hydrogen (secondary N) is 2. The number of amides is 6. The Labute approximate surface area is 565 Å². The molecule has 0 radical (unpaired) electrons. The molecular weight excluding hydrogens is 1250 g/mol. The summed E-state index contributed by atoms with van der Waals surface area (Å²) in [5, 5.41) is 24.6. The van der Waals surface area contributed by atoms with Crippen LogP contribution < -0.4 is 10.6 Å². The maximum atomic E-state index is 13.0. The van der Waals surface area contributed by atoms with Gasteiger partial charge in [0.2, 0.25) is 5.91 Å². The molecule has 5 aromatic rings. The van der Waals surface area contributed by atoms with E-state index < -0.39 is 17.9 Å². The van der Waals surface area contributed by atoms with Gasteiger partial charge < -0.3 is 63.9 Å². The minimum atomic E-state index is -1.03. The largest absolute Gasteiger partial charge is 0.478 e. The fourth-order valence-electron chi connectivity index (χ4n) is 13.6. The van der Waals surface area contributed by atoms with E-state index in [0.29, 0.717) is 183 Å². The predicted molar refractivity (Wildman–Crippen MR) is 355 cm³/mol. The zero-order valence-electron chi connectivity index (χ0n) is 56.2. The highest BCUT2D eigenvalue weighted by Crippen LogP contribution is 2.39. The van der Waals surface area contributed by atoms with E-state index in [1.807, 2.05) is 25.8 Å². The van der Waals surface area contributed by atoms with Crippen molar-refractivity contribution in [1.29, 1.82) is 0 Å². The Balaban J connectivity index is 0.000000171. The molecule has 3 aromatic carbocycles. The van der Waals surface area contributed by atoms with Gasteiger partial charge in [-0.2, -0.15) is 10.2 Å². The first-order valence-electron chi connectivity index (χ1n) is 34.0. The molecule has 520 valence electrons. The number of hydrogen-bond acceptors (Lipinski definition) is 17. The summed E-state index contributed by atoms with van der Waals surface area (Å²) in [4.78, 5) is 121. The Bertz CT molecular complexity index is 3660. The first kappa shape index (κ1) is 70.9. The molecule has 6 amide bonds. The van der Waals surface area contributed by atoms with Crippen LogP contribution in [-0.4, -0.2) is 241 Å². The fraction of sp³-hybridized carbons (Fsp3) is 0.535. The second kappa shape index (κ2) is 32.9. The van der Waals surface area contributed by atoms with Crippen molar-refractivity contribution in [2.45, 2.75) is 98.1 Å². The molecule has 7 aliphatic heterocycles. The lowest BCUT2D eigenvalue weighted by Crippen LogP contribution is -2.50. The summed E-state index contributed by atoms with van der Waals surface area (Å²) >= 11 is 0. The van der Waals surface area contributed by atoms with Crippen LogP contribution in [0.25, 0.3) is 0 Å². The number of aromatic carboxylic acids is 1. The SMILES string of the molecule is CCn1nc(CCCOC(=O)c2cccc(C(=O)N3CCN(C(C)=O)CC3)c2)c2c1C(=O)NCC1(CCOCC1)C2.CCn1nc(CCCOC(=O)c2cccc(C(=O)N3CCN(C)CC3)c2)c2c1C(=O)NCC1(CCOCC1)C2.O=C(O)c1cccc(C(=O)N2CCOCC2)c1.